The van der Waals surface area contributed by atoms with Gasteiger partial charge in [-0.05, 0) is 32.0 Å². The Bertz CT molecular complexity index is 481. The van der Waals surface area contributed by atoms with Crippen molar-refractivity contribution >= 4 is 0 Å². The Morgan fingerprint density at radius 2 is 2.50 bits per heavy atom. The predicted molar refractivity (Wildman–Crippen MR) is 63.1 cm³/mol. The van der Waals surface area contributed by atoms with Crippen LogP contribution in [0.1, 0.15) is 17.9 Å². The fourth-order valence-electron chi connectivity index (χ4n) is 2.45. The first kappa shape index (κ1) is 9.66. The molecule has 0 spiro atoms. The van der Waals surface area contributed by atoms with Crippen LogP contribution in [0.25, 0.3) is 11.4 Å². The fraction of sp³-hybridized carbons (Fsp3) is 0.417. The molecular formula is C12H16N4. The van der Waals surface area contributed by atoms with Crippen LogP contribution in [0.3, 0.4) is 0 Å². The molecule has 2 aromatic rings. The third kappa shape index (κ3) is 1.38. The molecule has 4 heteroatoms. The van der Waals surface area contributed by atoms with Crippen molar-refractivity contribution < 1.29 is 0 Å². The van der Waals surface area contributed by atoms with E-state index < -0.39 is 0 Å². The second-order valence-corrected chi connectivity index (χ2v) is 4.19. The number of nitrogens with zero attached hydrogens (tertiary/aromatic N) is 2. The maximum Gasteiger partial charge on any atom is 0.123 e. The number of imidazole rings is 1. The highest BCUT2D eigenvalue weighted by atomic mass is 15.1. The highest BCUT2D eigenvalue weighted by molar-refractivity contribution is 5.58. The Balaban J connectivity index is 2.09. The predicted octanol–water partition coefficient (Wildman–Crippen LogP) is 1.54. The van der Waals surface area contributed by atoms with Crippen LogP contribution in [0.5, 0.6) is 0 Å². The molecule has 84 valence electrons. The third-order valence-electron chi connectivity index (χ3n) is 3.13. The molecule has 0 aromatic carbocycles. The van der Waals surface area contributed by atoms with Gasteiger partial charge in [-0.3, -0.25) is 0 Å². The van der Waals surface area contributed by atoms with E-state index >= 15 is 0 Å². The lowest BCUT2D eigenvalue weighted by Gasteiger charge is -2.01. The van der Waals surface area contributed by atoms with Gasteiger partial charge in [0.15, 0.2) is 0 Å². The zero-order valence-electron chi connectivity index (χ0n) is 9.45. The van der Waals surface area contributed by atoms with Gasteiger partial charge in [0.1, 0.15) is 11.5 Å². The van der Waals surface area contributed by atoms with Crippen LogP contribution in [0.4, 0.5) is 0 Å². The van der Waals surface area contributed by atoms with Crippen LogP contribution in [0, 0.1) is 0 Å². The summed E-state index contributed by atoms with van der Waals surface area (Å²) in [6.07, 6.45) is 4.33. The summed E-state index contributed by atoms with van der Waals surface area (Å²) in [6.45, 7) is 1.95. The molecule has 0 amide bonds. The molecular weight excluding hydrogens is 200 g/mol. The van der Waals surface area contributed by atoms with Crippen LogP contribution in [0.2, 0.25) is 0 Å². The van der Waals surface area contributed by atoms with Crippen molar-refractivity contribution in [3.63, 3.8) is 0 Å². The molecule has 4 nitrogen and oxygen atoms in total. The first-order chi connectivity index (χ1) is 7.90. The smallest absolute Gasteiger partial charge is 0.123 e. The van der Waals surface area contributed by atoms with Crippen LogP contribution in [-0.2, 0) is 19.5 Å². The Labute approximate surface area is 94.7 Å². The second kappa shape index (κ2) is 3.79. The molecule has 1 aliphatic rings. The lowest BCUT2D eigenvalue weighted by Crippen LogP contribution is -2.11. The first-order valence-electron chi connectivity index (χ1n) is 5.77. The summed E-state index contributed by atoms with van der Waals surface area (Å²) >= 11 is 0. The normalized spacial score (nSPS) is 14.3. The maximum absolute atomic E-state index is 4.73. The van der Waals surface area contributed by atoms with Gasteiger partial charge in [-0.1, -0.05) is 0 Å². The summed E-state index contributed by atoms with van der Waals surface area (Å²) in [7, 11) is 1.96. The molecule has 0 fully saturated rings. The van der Waals surface area contributed by atoms with Crippen molar-refractivity contribution in [3.8, 4) is 11.4 Å². The standard InChI is InChI=1S/C12H16N4/c1-13-8-11-15-12(9-4-2-6-14-9)10-5-3-7-16(10)11/h2,4,6,13-14H,3,5,7-8H2,1H3. The van der Waals surface area contributed by atoms with E-state index in [1.54, 1.807) is 0 Å². The van der Waals surface area contributed by atoms with Gasteiger partial charge in [-0.25, -0.2) is 4.98 Å². The van der Waals surface area contributed by atoms with Crippen molar-refractivity contribution in [2.75, 3.05) is 7.05 Å². The summed E-state index contributed by atoms with van der Waals surface area (Å²) in [5.41, 5.74) is 3.65. The van der Waals surface area contributed by atoms with Crippen LogP contribution in [-0.4, -0.2) is 21.6 Å². The van der Waals surface area contributed by atoms with Crippen LogP contribution < -0.4 is 5.32 Å². The number of rotatable bonds is 3. The molecule has 0 bridgehead atoms. The van der Waals surface area contributed by atoms with Crippen molar-refractivity contribution in [2.24, 2.45) is 0 Å². The largest absolute Gasteiger partial charge is 0.360 e. The molecule has 0 saturated heterocycles. The summed E-state index contributed by atoms with van der Waals surface area (Å²) in [6, 6.07) is 4.11. The molecule has 2 aromatic heterocycles. The molecule has 2 N–H and O–H groups in total. The van der Waals surface area contributed by atoms with Gasteiger partial charge in [0.05, 0.1) is 12.2 Å². The van der Waals surface area contributed by atoms with E-state index in [1.165, 1.54) is 12.1 Å². The third-order valence-corrected chi connectivity index (χ3v) is 3.13. The number of hydrogen-bond donors (Lipinski definition) is 2. The van der Waals surface area contributed by atoms with Crippen LogP contribution >= 0.6 is 0 Å². The molecule has 0 aliphatic carbocycles. The second-order valence-electron chi connectivity index (χ2n) is 4.19. The van der Waals surface area contributed by atoms with Crippen molar-refractivity contribution in [1.82, 2.24) is 19.9 Å². The van der Waals surface area contributed by atoms with Gasteiger partial charge in [-0.2, -0.15) is 0 Å². The van der Waals surface area contributed by atoms with Crippen molar-refractivity contribution in [1.29, 1.82) is 0 Å². The number of aromatic nitrogens is 3. The first-order valence-corrected chi connectivity index (χ1v) is 5.77. The highest BCUT2D eigenvalue weighted by Gasteiger charge is 2.21. The number of nitrogens with one attached hydrogen (secondary N) is 2. The fourth-order valence-corrected chi connectivity index (χ4v) is 2.45. The van der Waals surface area contributed by atoms with E-state index in [0.29, 0.717) is 0 Å². The average Bonchev–Trinajstić information content (AvgIpc) is 2.94. The number of fused-ring (bicyclic) bond motifs is 1. The Hall–Kier alpha value is -1.55. The minimum atomic E-state index is 0.841. The van der Waals surface area contributed by atoms with Gasteiger partial charge in [0.2, 0.25) is 0 Å². The van der Waals surface area contributed by atoms with Gasteiger partial charge >= 0.3 is 0 Å². The lowest BCUT2D eigenvalue weighted by molar-refractivity contribution is 0.653. The number of aromatic amines is 1. The molecule has 1 aliphatic heterocycles. The SMILES string of the molecule is CNCc1nc(-c2ccc[nH]2)c2n1CCC2. The Morgan fingerprint density at radius 1 is 1.56 bits per heavy atom. The van der Waals surface area contributed by atoms with Gasteiger partial charge < -0.3 is 14.9 Å². The molecule has 3 rings (SSSR count). The van der Waals surface area contributed by atoms with Gasteiger partial charge in [-0.15, -0.1) is 0 Å². The Kier molecular flexibility index (Phi) is 2.29. The van der Waals surface area contributed by atoms with Crippen molar-refractivity contribution in [3.05, 3.63) is 29.8 Å². The molecule has 0 unspecified atom stereocenters. The zero-order chi connectivity index (χ0) is 11.0. The monoisotopic (exact) mass is 216 g/mol. The quantitative estimate of drug-likeness (QED) is 0.817. The molecule has 3 heterocycles. The maximum atomic E-state index is 4.73. The van der Waals surface area contributed by atoms with E-state index in [1.807, 2.05) is 19.3 Å². The van der Waals surface area contributed by atoms with Crippen LogP contribution in [0.15, 0.2) is 18.3 Å². The van der Waals surface area contributed by atoms with E-state index in [9.17, 15) is 0 Å². The summed E-state index contributed by atoms with van der Waals surface area (Å²) in [4.78, 5) is 7.98. The molecule has 0 atom stereocenters. The Morgan fingerprint density at radius 3 is 3.25 bits per heavy atom. The summed E-state index contributed by atoms with van der Waals surface area (Å²) < 4.78 is 2.35. The topological polar surface area (TPSA) is 45.6 Å². The highest BCUT2D eigenvalue weighted by Crippen LogP contribution is 2.28. The molecule has 0 saturated carbocycles. The van der Waals surface area contributed by atoms with E-state index in [4.69, 9.17) is 4.98 Å². The minimum Gasteiger partial charge on any atom is -0.360 e. The summed E-state index contributed by atoms with van der Waals surface area (Å²) in [5, 5.41) is 3.18. The average molecular weight is 216 g/mol. The molecule has 0 radical (unpaired) electrons. The van der Waals surface area contributed by atoms with Gasteiger partial charge in [0.25, 0.3) is 0 Å². The van der Waals surface area contributed by atoms with Crippen molar-refractivity contribution in [2.45, 2.75) is 25.9 Å². The van der Waals surface area contributed by atoms with E-state index in [-0.39, 0.29) is 0 Å². The summed E-state index contributed by atoms with van der Waals surface area (Å²) in [5.74, 6) is 1.15. The lowest BCUT2D eigenvalue weighted by atomic mass is 10.2. The van der Waals surface area contributed by atoms with E-state index in [2.05, 4.69) is 20.9 Å². The zero-order valence-corrected chi connectivity index (χ0v) is 9.45. The molecule has 16 heavy (non-hydrogen) atoms. The van der Waals surface area contributed by atoms with Gasteiger partial charge in [0, 0.05) is 18.4 Å². The number of hydrogen-bond acceptors (Lipinski definition) is 2. The number of H-pyrrole nitrogens is 1. The van der Waals surface area contributed by atoms with E-state index in [0.717, 1.165) is 36.7 Å². The minimum absolute atomic E-state index is 0.841.